The Kier molecular flexibility index (Phi) is 8.24. The standard InChI is InChI=1S/C20H37NO3/c1-8-15(6)24-20(23)18(9-2)21(7)19(22)17-12-14(5)10-11-16(17)13(3)4/h13-18H,8-12H2,1-7H3/t14-,15?,16+,17-,18-/m1/s1. The Hall–Kier alpha value is -1.06. The summed E-state index contributed by atoms with van der Waals surface area (Å²) in [5, 5.41) is 0. The quantitative estimate of drug-likeness (QED) is 0.651. The van der Waals surface area contributed by atoms with E-state index in [-0.39, 0.29) is 23.9 Å². The minimum Gasteiger partial charge on any atom is -0.461 e. The maximum Gasteiger partial charge on any atom is 0.329 e. The number of rotatable bonds is 7. The van der Waals surface area contributed by atoms with Gasteiger partial charge < -0.3 is 9.64 Å². The summed E-state index contributed by atoms with van der Waals surface area (Å²) in [7, 11) is 1.77. The van der Waals surface area contributed by atoms with E-state index in [1.807, 2.05) is 20.8 Å². The van der Waals surface area contributed by atoms with E-state index in [1.54, 1.807) is 11.9 Å². The number of esters is 1. The van der Waals surface area contributed by atoms with Crippen molar-refractivity contribution in [3.63, 3.8) is 0 Å². The van der Waals surface area contributed by atoms with E-state index >= 15 is 0 Å². The molecule has 1 amide bonds. The van der Waals surface area contributed by atoms with E-state index in [9.17, 15) is 9.59 Å². The number of ether oxygens (including phenoxy) is 1. The second kappa shape index (κ2) is 9.43. The maximum absolute atomic E-state index is 13.1. The SMILES string of the molecule is CCC(C)OC(=O)[C@@H](CC)N(C)C(=O)[C@@H]1C[C@H](C)CC[C@H]1C(C)C. The molecule has 1 aliphatic carbocycles. The van der Waals surface area contributed by atoms with Crippen LogP contribution < -0.4 is 0 Å². The molecule has 0 aromatic carbocycles. The van der Waals surface area contributed by atoms with E-state index in [2.05, 4.69) is 20.8 Å². The van der Waals surface area contributed by atoms with E-state index in [1.165, 1.54) is 6.42 Å². The molecular weight excluding hydrogens is 302 g/mol. The summed E-state index contributed by atoms with van der Waals surface area (Å²) in [5.74, 6) is 1.37. The summed E-state index contributed by atoms with van der Waals surface area (Å²) in [4.78, 5) is 27.2. The number of amides is 1. The van der Waals surface area contributed by atoms with Gasteiger partial charge in [0.2, 0.25) is 5.91 Å². The van der Waals surface area contributed by atoms with Gasteiger partial charge in [-0.3, -0.25) is 4.79 Å². The largest absolute Gasteiger partial charge is 0.461 e. The Labute approximate surface area is 148 Å². The molecule has 0 bridgehead atoms. The topological polar surface area (TPSA) is 46.6 Å². The van der Waals surface area contributed by atoms with Crippen molar-refractivity contribution in [2.24, 2.45) is 23.7 Å². The van der Waals surface area contributed by atoms with Gasteiger partial charge >= 0.3 is 5.97 Å². The molecule has 4 nitrogen and oxygen atoms in total. The zero-order valence-corrected chi connectivity index (χ0v) is 16.7. The molecule has 1 fully saturated rings. The molecule has 0 aliphatic heterocycles. The Morgan fingerprint density at radius 1 is 1.12 bits per heavy atom. The molecule has 0 N–H and O–H groups in total. The van der Waals surface area contributed by atoms with Gasteiger partial charge in [0.05, 0.1) is 6.10 Å². The third kappa shape index (κ3) is 5.22. The number of carbonyl (C=O) groups is 2. The van der Waals surface area contributed by atoms with Crippen LogP contribution in [0.1, 0.15) is 73.6 Å². The Bertz CT molecular complexity index is 421. The summed E-state index contributed by atoms with van der Waals surface area (Å²) in [6.45, 7) is 12.5. The summed E-state index contributed by atoms with van der Waals surface area (Å²) >= 11 is 0. The molecule has 0 heterocycles. The van der Waals surface area contributed by atoms with E-state index in [4.69, 9.17) is 4.74 Å². The highest BCUT2D eigenvalue weighted by molar-refractivity contribution is 5.86. The van der Waals surface area contributed by atoms with Crippen molar-refractivity contribution in [1.29, 1.82) is 0 Å². The normalized spacial score (nSPS) is 26.8. The summed E-state index contributed by atoms with van der Waals surface area (Å²) in [5.41, 5.74) is 0. The monoisotopic (exact) mass is 339 g/mol. The van der Waals surface area contributed by atoms with Crippen LogP contribution in [0.3, 0.4) is 0 Å². The Morgan fingerprint density at radius 3 is 2.25 bits per heavy atom. The molecule has 0 saturated heterocycles. The molecule has 0 aromatic rings. The summed E-state index contributed by atoms with van der Waals surface area (Å²) in [6, 6.07) is -0.475. The molecule has 1 saturated carbocycles. The molecule has 5 atom stereocenters. The zero-order valence-electron chi connectivity index (χ0n) is 16.7. The van der Waals surface area contributed by atoms with E-state index in [0.717, 1.165) is 19.3 Å². The smallest absolute Gasteiger partial charge is 0.329 e. The average Bonchev–Trinajstić information content (AvgIpc) is 2.53. The maximum atomic E-state index is 13.1. The fourth-order valence-corrected chi connectivity index (χ4v) is 3.86. The Balaban J connectivity index is 2.86. The second-order valence-corrected chi connectivity index (χ2v) is 7.96. The molecule has 1 unspecified atom stereocenters. The lowest BCUT2D eigenvalue weighted by Crippen LogP contribution is -2.49. The highest BCUT2D eigenvalue weighted by Crippen LogP contribution is 2.39. The van der Waals surface area contributed by atoms with Crippen LogP contribution in [0.2, 0.25) is 0 Å². The minimum absolute atomic E-state index is 0.0317. The molecule has 140 valence electrons. The van der Waals surface area contributed by atoms with E-state index in [0.29, 0.717) is 24.2 Å². The third-order valence-corrected chi connectivity index (χ3v) is 5.71. The predicted molar refractivity (Wildman–Crippen MR) is 97.5 cm³/mol. The molecule has 0 aromatic heterocycles. The predicted octanol–water partition coefficient (Wildman–Crippen LogP) is 4.27. The molecule has 1 aliphatic rings. The lowest BCUT2D eigenvalue weighted by molar-refractivity contribution is -0.160. The first-order valence-electron chi connectivity index (χ1n) is 9.69. The first kappa shape index (κ1) is 21.0. The average molecular weight is 340 g/mol. The molecule has 24 heavy (non-hydrogen) atoms. The van der Waals surface area contributed by atoms with Crippen molar-refractivity contribution < 1.29 is 14.3 Å². The first-order chi connectivity index (χ1) is 11.2. The highest BCUT2D eigenvalue weighted by atomic mass is 16.5. The van der Waals surface area contributed by atoms with Crippen molar-refractivity contribution in [2.45, 2.75) is 85.8 Å². The zero-order chi connectivity index (χ0) is 18.4. The number of nitrogens with zero attached hydrogens (tertiary/aromatic N) is 1. The van der Waals surface area contributed by atoms with Crippen molar-refractivity contribution in [1.82, 2.24) is 4.90 Å². The number of carbonyl (C=O) groups excluding carboxylic acids is 2. The van der Waals surface area contributed by atoms with Gasteiger partial charge in [-0.2, -0.15) is 0 Å². The van der Waals surface area contributed by atoms with Crippen LogP contribution in [-0.4, -0.2) is 36.0 Å². The summed E-state index contributed by atoms with van der Waals surface area (Å²) < 4.78 is 5.47. The van der Waals surface area contributed by atoms with E-state index < -0.39 is 6.04 Å². The highest BCUT2D eigenvalue weighted by Gasteiger charge is 2.39. The molecular formula is C20H37NO3. The van der Waals surface area contributed by atoms with Crippen molar-refractivity contribution in [2.75, 3.05) is 7.05 Å². The van der Waals surface area contributed by atoms with Crippen molar-refractivity contribution >= 4 is 11.9 Å². The van der Waals surface area contributed by atoms with Gasteiger partial charge in [0, 0.05) is 13.0 Å². The van der Waals surface area contributed by atoms with Gasteiger partial charge in [0.1, 0.15) is 6.04 Å². The van der Waals surface area contributed by atoms with Crippen LogP contribution >= 0.6 is 0 Å². The molecule has 4 heteroatoms. The van der Waals surface area contributed by atoms with Gasteiger partial charge in [-0.1, -0.05) is 41.0 Å². The van der Waals surface area contributed by atoms with Crippen molar-refractivity contribution in [3.8, 4) is 0 Å². The number of likely N-dealkylation sites (N-methyl/N-ethyl adjacent to an activating group) is 1. The molecule has 1 rings (SSSR count). The molecule has 0 radical (unpaired) electrons. The van der Waals surface area contributed by atoms with Gasteiger partial charge in [0.15, 0.2) is 0 Å². The minimum atomic E-state index is -0.475. The lowest BCUT2D eigenvalue weighted by Gasteiger charge is -2.39. The first-order valence-corrected chi connectivity index (χ1v) is 9.69. The fourth-order valence-electron chi connectivity index (χ4n) is 3.86. The number of hydrogen-bond donors (Lipinski definition) is 0. The Morgan fingerprint density at radius 2 is 1.75 bits per heavy atom. The van der Waals surface area contributed by atoms with Crippen LogP contribution in [0.4, 0.5) is 0 Å². The van der Waals surface area contributed by atoms with Gasteiger partial charge in [-0.25, -0.2) is 4.79 Å². The van der Waals surface area contributed by atoms with Gasteiger partial charge in [0.25, 0.3) is 0 Å². The van der Waals surface area contributed by atoms with Crippen LogP contribution in [0.5, 0.6) is 0 Å². The van der Waals surface area contributed by atoms with Gasteiger partial charge in [-0.15, -0.1) is 0 Å². The third-order valence-electron chi connectivity index (χ3n) is 5.71. The second-order valence-electron chi connectivity index (χ2n) is 7.96. The lowest BCUT2D eigenvalue weighted by atomic mass is 9.69. The van der Waals surface area contributed by atoms with Crippen LogP contribution in [-0.2, 0) is 14.3 Å². The van der Waals surface area contributed by atoms with Crippen LogP contribution in [0.25, 0.3) is 0 Å². The summed E-state index contributed by atoms with van der Waals surface area (Å²) in [6.07, 6.45) is 4.51. The van der Waals surface area contributed by atoms with Gasteiger partial charge in [-0.05, 0) is 50.4 Å². The number of hydrogen-bond acceptors (Lipinski definition) is 3. The molecule has 0 spiro atoms. The van der Waals surface area contributed by atoms with Crippen molar-refractivity contribution in [3.05, 3.63) is 0 Å². The van der Waals surface area contributed by atoms with Crippen LogP contribution in [0, 0.1) is 23.7 Å². The van der Waals surface area contributed by atoms with Crippen LogP contribution in [0.15, 0.2) is 0 Å². The fraction of sp³-hybridized carbons (Fsp3) is 0.900.